The topological polar surface area (TPSA) is 77.2 Å². The number of nitrogens with zero attached hydrogens (tertiary/aromatic N) is 2. The Hall–Kier alpha value is -2.22. The average molecular weight is 424 g/mol. The summed E-state index contributed by atoms with van der Waals surface area (Å²) in [6, 6.07) is 12.4. The third-order valence-corrected chi connectivity index (χ3v) is 4.94. The van der Waals surface area contributed by atoms with Crippen molar-refractivity contribution in [1.29, 1.82) is 0 Å². The number of carbonyl (C=O) groups is 1. The van der Waals surface area contributed by atoms with Gasteiger partial charge in [-0.3, -0.25) is 4.79 Å². The van der Waals surface area contributed by atoms with E-state index in [9.17, 15) is 4.79 Å². The summed E-state index contributed by atoms with van der Waals surface area (Å²) in [4.78, 5) is 12.1. The Morgan fingerprint density at radius 2 is 2.04 bits per heavy atom. The van der Waals surface area contributed by atoms with Gasteiger partial charge >= 0.3 is 0 Å². The molecule has 1 aromatic heterocycles. The van der Waals surface area contributed by atoms with E-state index in [2.05, 4.69) is 15.5 Å². The smallest absolute Gasteiger partial charge is 0.277 e. The second kappa shape index (κ2) is 9.12. The van der Waals surface area contributed by atoms with Crippen LogP contribution < -0.4 is 10.1 Å². The molecule has 27 heavy (non-hydrogen) atoms. The van der Waals surface area contributed by atoms with Gasteiger partial charge in [-0.05, 0) is 30.3 Å². The fourth-order valence-electron chi connectivity index (χ4n) is 2.27. The van der Waals surface area contributed by atoms with E-state index >= 15 is 0 Å². The molecule has 9 heteroatoms. The fourth-order valence-corrected chi connectivity index (χ4v) is 3.27. The number of rotatable bonds is 7. The van der Waals surface area contributed by atoms with E-state index in [0.717, 1.165) is 17.3 Å². The lowest BCUT2D eigenvalue weighted by molar-refractivity contribution is -0.118. The molecule has 0 spiro atoms. The molecule has 0 saturated heterocycles. The standard InChI is InChI=1S/C18H15Cl2N3O3S/c1-25-15-7-6-12(19)8-11(15)9-21-16(24)10-27-18-23-22-17(26-18)13-4-2-3-5-14(13)20/h2-8H,9-10H2,1H3,(H,21,24). The van der Waals surface area contributed by atoms with Crippen LogP contribution in [0.2, 0.25) is 10.0 Å². The van der Waals surface area contributed by atoms with Crippen LogP contribution in [0.1, 0.15) is 5.56 Å². The first-order valence-electron chi connectivity index (χ1n) is 7.87. The molecule has 140 valence electrons. The minimum absolute atomic E-state index is 0.132. The van der Waals surface area contributed by atoms with E-state index in [-0.39, 0.29) is 11.7 Å². The summed E-state index contributed by atoms with van der Waals surface area (Å²) < 4.78 is 10.8. The van der Waals surface area contributed by atoms with Crippen molar-refractivity contribution in [1.82, 2.24) is 15.5 Å². The maximum absolute atomic E-state index is 12.1. The molecule has 6 nitrogen and oxygen atoms in total. The summed E-state index contributed by atoms with van der Waals surface area (Å²) in [6.07, 6.45) is 0. The van der Waals surface area contributed by atoms with Crippen LogP contribution in [0.15, 0.2) is 52.1 Å². The van der Waals surface area contributed by atoms with Crippen molar-refractivity contribution in [3.05, 3.63) is 58.1 Å². The summed E-state index contributed by atoms with van der Waals surface area (Å²) >= 11 is 13.2. The lowest BCUT2D eigenvalue weighted by Gasteiger charge is -2.09. The Morgan fingerprint density at radius 3 is 2.81 bits per heavy atom. The van der Waals surface area contributed by atoms with Crippen molar-refractivity contribution < 1.29 is 13.9 Å². The number of ether oxygens (including phenoxy) is 1. The van der Waals surface area contributed by atoms with Gasteiger partial charge in [-0.15, -0.1) is 10.2 Å². The van der Waals surface area contributed by atoms with E-state index in [1.54, 1.807) is 37.4 Å². The zero-order chi connectivity index (χ0) is 19.2. The van der Waals surface area contributed by atoms with Gasteiger partial charge in [0, 0.05) is 17.1 Å². The largest absolute Gasteiger partial charge is 0.496 e. The molecule has 0 saturated carbocycles. The molecule has 1 heterocycles. The molecule has 0 atom stereocenters. The molecular weight excluding hydrogens is 409 g/mol. The van der Waals surface area contributed by atoms with Gasteiger partial charge in [0.2, 0.25) is 11.8 Å². The van der Waals surface area contributed by atoms with Gasteiger partial charge in [0.1, 0.15) is 5.75 Å². The average Bonchev–Trinajstić information content (AvgIpc) is 3.14. The highest BCUT2D eigenvalue weighted by atomic mass is 35.5. The second-order valence-corrected chi connectivity index (χ2v) is 7.14. The van der Waals surface area contributed by atoms with Crippen LogP contribution in [0.4, 0.5) is 0 Å². The van der Waals surface area contributed by atoms with Crippen LogP contribution in [-0.4, -0.2) is 29.0 Å². The number of nitrogens with one attached hydrogen (secondary N) is 1. The van der Waals surface area contributed by atoms with Crippen LogP contribution in [0, 0.1) is 0 Å². The lowest BCUT2D eigenvalue weighted by Crippen LogP contribution is -2.24. The van der Waals surface area contributed by atoms with Crippen LogP contribution >= 0.6 is 35.0 Å². The summed E-state index contributed by atoms with van der Waals surface area (Å²) in [5.41, 5.74) is 1.44. The van der Waals surface area contributed by atoms with E-state index in [0.29, 0.717) is 39.0 Å². The summed E-state index contributed by atoms with van der Waals surface area (Å²) in [6.45, 7) is 0.303. The molecule has 0 aliphatic rings. The predicted octanol–water partition coefficient (Wildman–Crippen LogP) is 4.46. The molecule has 1 N–H and O–H groups in total. The molecule has 0 aliphatic heterocycles. The molecule has 0 fully saturated rings. The van der Waals surface area contributed by atoms with Gasteiger partial charge < -0.3 is 14.5 Å². The number of amides is 1. The maximum Gasteiger partial charge on any atom is 0.277 e. The predicted molar refractivity (Wildman–Crippen MR) is 105 cm³/mol. The maximum atomic E-state index is 12.1. The van der Waals surface area contributed by atoms with Crippen molar-refractivity contribution in [2.75, 3.05) is 12.9 Å². The van der Waals surface area contributed by atoms with Crippen molar-refractivity contribution in [3.8, 4) is 17.2 Å². The Morgan fingerprint density at radius 1 is 1.22 bits per heavy atom. The minimum atomic E-state index is -0.181. The third kappa shape index (κ3) is 5.15. The number of thioether (sulfide) groups is 1. The fraction of sp³-hybridized carbons (Fsp3) is 0.167. The number of hydrogen-bond donors (Lipinski definition) is 1. The first kappa shape index (κ1) is 19.5. The van der Waals surface area contributed by atoms with Gasteiger partial charge in [-0.1, -0.05) is 47.1 Å². The van der Waals surface area contributed by atoms with E-state index in [1.165, 1.54) is 0 Å². The Bertz CT molecular complexity index is 949. The Balaban J connectivity index is 1.54. The van der Waals surface area contributed by atoms with E-state index in [4.69, 9.17) is 32.4 Å². The molecule has 0 unspecified atom stereocenters. The van der Waals surface area contributed by atoms with Crippen molar-refractivity contribution in [2.24, 2.45) is 0 Å². The number of methoxy groups -OCH3 is 1. The molecule has 0 aliphatic carbocycles. The number of hydrogen-bond acceptors (Lipinski definition) is 6. The van der Waals surface area contributed by atoms with Crippen LogP contribution in [-0.2, 0) is 11.3 Å². The molecule has 3 aromatic rings. The van der Waals surface area contributed by atoms with Crippen LogP contribution in [0.25, 0.3) is 11.5 Å². The number of benzene rings is 2. The second-order valence-electron chi connectivity index (χ2n) is 5.37. The van der Waals surface area contributed by atoms with Gasteiger partial charge in [0.05, 0.1) is 23.4 Å². The Labute approximate surface area is 170 Å². The SMILES string of the molecule is COc1ccc(Cl)cc1CNC(=O)CSc1nnc(-c2ccccc2Cl)o1. The van der Waals surface area contributed by atoms with Gasteiger partial charge in [0.25, 0.3) is 5.22 Å². The number of aromatic nitrogens is 2. The van der Waals surface area contributed by atoms with Crippen molar-refractivity contribution in [2.45, 2.75) is 11.8 Å². The summed E-state index contributed by atoms with van der Waals surface area (Å²) in [5, 5.41) is 12.1. The zero-order valence-corrected chi connectivity index (χ0v) is 16.6. The first-order chi connectivity index (χ1) is 13.1. The van der Waals surface area contributed by atoms with E-state index in [1.807, 2.05) is 12.1 Å². The van der Waals surface area contributed by atoms with Gasteiger partial charge in [0.15, 0.2) is 0 Å². The summed E-state index contributed by atoms with van der Waals surface area (Å²) in [7, 11) is 1.57. The minimum Gasteiger partial charge on any atom is -0.496 e. The van der Waals surface area contributed by atoms with Crippen molar-refractivity contribution in [3.63, 3.8) is 0 Å². The number of carbonyl (C=O) groups excluding carboxylic acids is 1. The molecule has 2 aromatic carbocycles. The normalized spacial score (nSPS) is 10.6. The Kier molecular flexibility index (Phi) is 6.60. The highest BCUT2D eigenvalue weighted by Gasteiger charge is 2.13. The molecular formula is C18H15Cl2N3O3S. The highest BCUT2D eigenvalue weighted by molar-refractivity contribution is 7.99. The van der Waals surface area contributed by atoms with E-state index < -0.39 is 0 Å². The molecule has 0 radical (unpaired) electrons. The molecule has 1 amide bonds. The number of halogens is 2. The lowest BCUT2D eigenvalue weighted by atomic mass is 10.2. The van der Waals surface area contributed by atoms with Crippen molar-refractivity contribution >= 4 is 40.9 Å². The monoisotopic (exact) mass is 423 g/mol. The quantitative estimate of drug-likeness (QED) is 0.565. The van der Waals surface area contributed by atoms with Gasteiger partial charge in [-0.2, -0.15) is 0 Å². The van der Waals surface area contributed by atoms with Crippen LogP contribution in [0.5, 0.6) is 5.75 Å². The first-order valence-corrected chi connectivity index (χ1v) is 9.61. The third-order valence-electron chi connectivity index (χ3n) is 3.56. The highest BCUT2D eigenvalue weighted by Crippen LogP contribution is 2.28. The zero-order valence-electron chi connectivity index (χ0n) is 14.2. The molecule has 3 rings (SSSR count). The van der Waals surface area contributed by atoms with Gasteiger partial charge in [-0.25, -0.2) is 0 Å². The molecule has 0 bridgehead atoms. The summed E-state index contributed by atoms with van der Waals surface area (Å²) in [5.74, 6) is 0.924. The van der Waals surface area contributed by atoms with Crippen LogP contribution in [0.3, 0.4) is 0 Å².